The molecular formula is C21H17FN4O2S. The molecule has 0 unspecified atom stereocenters. The summed E-state index contributed by atoms with van der Waals surface area (Å²) in [6.07, 6.45) is 2.31. The fourth-order valence-electron chi connectivity index (χ4n) is 2.81. The molecule has 8 heteroatoms. The molecule has 0 saturated heterocycles. The summed E-state index contributed by atoms with van der Waals surface area (Å²) in [6, 6.07) is 15.9. The van der Waals surface area contributed by atoms with Gasteiger partial charge in [0, 0.05) is 23.7 Å². The number of fused-ring (bicyclic) bond motifs is 1. The van der Waals surface area contributed by atoms with Gasteiger partial charge in [0.1, 0.15) is 5.82 Å². The molecule has 0 bridgehead atoms. The maximum absolute atomic E-state index is 13.1. The van der Waals surface area contributed by atoms with E-state index in [4.69, 9.17) is 4.42 Å². The maximum atomic E-state index is 13.1. The van der Waals surface area contributed by atoms with E-state index in [1.54, 1.807) is 12.3 Å². The van der Waals surface area contributed by atoms with Crippen molar-refractivity contribution in [2.45, 2.75) is 11.6 Å². The van der Waals surface area contributed by atoms with E-state index in [0.29, 0.717) is 24.1 Å². The third-order valence-electron chi connectivity index (χ3n) is 4.21. The second-order valence-corrected chi connectivity index (χ2v) is 7.23. The van der Waals surface area contributed by atoms with Gasteiger partial charge in [-0.2, -0.15) is 0 Å². The Morgan fingerprint density at radius 2 is 2.03 bits per heavy atom. The van der Waals surface area contributed by atoms with Crippen molar-refractivity contribution < 1.29 is 13.6 Å². The smallest absolute Gasteiger partial charge is 0.277 e. The van der Waals surface area contributed by atoms with E-state index in [0.717, 1.165) is 22.0 Å². The lowest BCUT2D eigenvalue weighted by Crippen LogP contribution is -2.27. The maximum Gasteiger partial charge on any atom is 0.277 e. The molecule has 0 atom stereocenters. The Bertz CT molecular complexity index is 1150. The summed E-state index contributed by atoms with van der Waals surface area (Å²) in [5, 5.41) is 12.2. The molecule has 2 heterocycles. The SMILES string of the molecule is O=C(CSc1nnc(-c2ccc3ncccc3c2)o1)NCCc1cccc(F)c1. The molecule has 4 rings (SSSR count). The van der Waals surface area contributed by atoms with Crippen LogP contribution in [-0.2, 0) is 11.2 Å². The fraction of sp³-hybridized carbons (Fsp3) is 0.143. The predicted octanol–water partition coefficient (Wildman–Crippen LogP) is 3.87. The average molecular weight is 408 g/mol. The van der Waals surface area contributed by atoms with Gasteiger partial charge < -0.3 is 9.73 Å². The lowest BCUT2D eigenvalue weighted by atomic mass is 10.1. The van der Waals surface area contributed by atoms with E-state index in [1.807, 2.05) is 36.4 Å². The monoisotopic (exact) mass is 408 g/mol. The summed E-state index contributed by atoms with van der Waals surface area (Å²) in [5.74, 6) is 0.124. The van der Waals surface area contributed by atoms with Crippen molar-refractivity contribution in [2.24, 2.45) is 0 Å². The second-order valence-electron chi connectivity index (χ2n) is 6.30. The number of nitrogens with zero attached hydrogens (tertiary/aromatic N) is 3. The first-order chi connectivity index (χ1) is 14.2. The molecule has 2 aromatic carbocycles. The van der Waals surface area contributed by atoms with Crippen LogP contribution in [0.5, 0.6) is 0 Å². The largest absolute Gasteiger partial charge is 0.411 e. The number of benzene rings is 2. The summed E-state index contributed by atoms with van der Waals surface area (Å²) in [7, 11) is 0. The first-order valence-electron chi connectivity index (χ1n) is 9.00. The van der Waals surface area contributed by atoms with Crippen molar-refractivity contribution in [1.29, 1.82) is 0 Å². The third-order valence-corrected chi connectivity index (χ3v) is 5.03. The molecule has 0 aliphatic carbocycles. The van der Waals surface area contributed by atoms with Crippen LogP contribution in [0, 0.1) is 5.82 Å². The standard InChI is InChI=1S/C21H17FN4O2S/c22-17-5-1-3-14(11-17)8-10-24-19(27)13-29-21-26-25-20(28-21)16-6-7-18-15(12-16)4-2-9-23-18/h1-7,9,11-12H,8,10,13H2,(H,24,27). The van der Waals surface area contributed by atoms with Crippen LogP contribution in [0.15, 0.2) is 70.4 Å². The Morgan fingerprint density at radius 3 is 2.93 bits per heavy atom. The van der Waals surface area contributed by atoms with Crippen LogP contribution < -0.4 is 5.32 Å². The highest BCUT2D eigenvalue weighted by molar-refractivity contribution is 7.99. The summed E-state index contributed by atoms with van der Waals surface area (Å²) >= 11 is 1.17. The highest BCUT2D eigenvalue weighted by Gasteiger charge is 2.12. The van der Waals surface area contributed by atoms with Gasteiger partial charge in [0.05, 0.1) is 11.3 Å². The molecule has 0 radical (unpaired) electrons. The Labute approximate surface area is 170 Å². The van der Waals surface area contributed by atoms with Gasteiger partial charge in [-0.25, -0.2) is 4.39 Å². The number of halogens is 1. The number of aromatic nitrogens is 3. The van der Waals surface area contributed by atoms with Gasteiger partial charge in [-0.05, 0) is 48.4 Å². The summed E-state index contributed by atoms with van der Waals surface area (Å²) < 4.78 is 18.8. The number of carbonyl (C=O) groups is 1. The number of amides is 1. The Hall–Kier alpha value is -3.26. The molecule has 2 aromatic heterocycles. The van der Waals surface area contributed by atoms with E-state index < -0.39 is 0 Å². The van der Waals surface area contributed by atoms with E-state index in [9.17, 15) is 9.18 Å². The van der Waals surface area contributed by atoms with Gasteiger partial charge in [-0.1, -0.05) is 30.0 Å². The normalized spacial score (nSPS) is 10.9. The van der Waals surface area contributed by atoms with Gasteiger partial charge in [0.2, 0.25) is 11.8 Å². The number of rotatable bonds is 7. The quantitative estimate of drug-likeness (QED) is 0.468. The fourth-order valence-corrected chi connectivity index (χ4v) is 3.40. The van der Waals surface area contributed by atoms with Crippen molar-refractivity contribution in [3.8, 4) is 11.5 Å². The topological polar surface area (TPSA) is 80.9 Å². The van der Waals surface area contributed by atoms with Crippen molar-refractivity contribution >= 4 is 28.6 Å². The Morgan fingerprint density at radius 1 is 1.10 bits per heavy atom. The number of thioether (sulfide) groups is 1. The highest BCUT2D eigenvalue weighted by atomic mass is 32.2. The molecule has 29 heavy (non-hydrogen) atoms. The van der Waals surface area contributed by atoms with Gasteiger partial charge in [0.15, 0.2) is 0 Å². The van der Waals surface area contributed by atoms with E-state index in [1.165, 1.54) is 23.9 Å². The zero-order chi connectivity index (χ0) is 20.1. The second kappa shape index (κ2) is 8.83. The minimum atomic E-state index is -0.278. The molecular weight excluding hydrogens is 391 g/mol. The van der Waals surface area contributed by atoms with Gasteiger partial charge in [-0.3, -0.25) is 9.78 Å². The number of hydrogen-bond acceptors (Lipinski definition) is 6. The van der Waals surface area contributed by atoms with Crippen LogP contribution in [0.1, 0.15) is 5.56 Å². The molecule has 1 amide bonds. The minimum absolute atomic E-state index is 0.150. The Balaban J connectivity index is 1.29. The minimum Gasteiger partial charge on any atom is -0.411 e. The summed E-state index contributed by atoms with van der Waals surface area (Å²) in [4.78, 5) is 16.3. The van der Waals surface area contributed by atoms with Crippen molar-refractivity contribution in [3.63, 3.8) is 0 Å². The zero-order valence-electron chi connectivity index (χ0n) is 15.3. The van der Waals surface area contributed by atoms with Crippen LogP contribution in [0.25, 0.3) is 22.4 Å². The third kappa shape index (κ3) is 4.97. The van der Waals surface area contributed by atoms with E-state index >= 15 is 0 Å². The number of nitrogens with one attached hydrogen (secondary N) is 1. The predicted molar refractivity (Wildman–Crippen MR) is 109 cm³/mol. The van der Waals surface area contributed by atoms with Crippen molar-refractivity contribution in [2.75, 3.05) is 12.3 Å². The molecule has 146 valence electrons. The van der Waals surface area contributed by atoms with E-state index in [-0.39, 0.29) is 17.5 Å². The van der Waals surface area contributed by atoms with Crippen LogP contribution in [0.2, 0.25) is 0 Å². The van der Waals surface area contributed by atoms with Gasteiger partial charge in [0.25, 0.3) is 5.22 Å². The first kappa shape index (κ1) is 19.1. The van der Waals surface area contributed by atoms with Crippen LogP contribution >= 0.6 is 11.8 Å². The zero-order valence-corrected chi connectivity index (χ0v) is 16.2. The molecule has 1 N–H and O–H groups in total. The molecule has 0 saturated carbocycles. The number of carbonyl (C=O) groups excluding carboxylic acids is 1. The van der Waals surface area contributed by atoms with Crippen LogP contribution in [-0.4, -0.2) is 33.4 Å². The lowest BCUT2D eigenvalue weighted by Gasteiger charge is -2.04. The summed E-state index contributed by atoms with van der Waals surface area (Å²) in [6.45, 7) is 0.434. The van der Waals surface area contributed by atoms with E-state index in [2.05, 4.69) is 20.5 Å². The van der Waals surface area contributed by atoms with Crippen molar-refractivity contribution in [3.05, 3.63) is 72.2 Å². The molecule has 0 aliphatic rings. The average Bonchev–Trinajstić information content (AvgIpc) is 3.21. The highest BCUT2D eigenvalue weighted by Crippen LogP contribution is 2.25. The molecule has 0 fully saturated rings. The van der Waals surface area contributed by atoms with Gasteiger partial charge >= 0.3 is 0 Å². The number of hydrogen-bond donors (Lipinski definition) is 1. The summed E-state index contributed by atoms with van der Waals surface area (Å²) in [5.41, 5.74) is 2.52. The van der Waals surface area contributed by atoms with Crippen LogP contribution in [0.3, 0.4) is 0 Å². The number of pyridine rings is 1. The molecule has 0 spiro atoms. The first-order valence-corrected chi connectivity index (χ1v) is 9.98. The lowest BCUT2D eigenvalue weighted by molar-refractivity contribution is -0.118. The molecule has 6 nitrogen and oxygen atoms in total. The molecule has 0 aliphatic heterocycles. The Kier molecular flexibility index (Phi) is 5.81. The van der Waals surface area contributed by atoms with Crippen molar-refractivity contribution in [1.82, 2.24) is 20.5 Å². The molecule has 4 aromatic rings. The van der Waals surface area contributed by atoms with Crippen LogP contribution in [0.4, 0.5) is 4.39 Å². The van der Waals surface area contributed by atoms with Gasteiger partial charge in [-0.15, -0.1) is 10.2 Å².